The van der Waals surface area contributed by atoms with Gasteiger partial charge < -0.3 is 9.80 Å². The van der Waals surface area contributed by atoms with Crippen LogP contribution in [-0.4, -0.2) is 61.9 Å². The van der Waals surface area contributed by atoms with Gasteiger partial charge in [-0.15, -0.1) is 5.10 Å². The zero-order chi connectivity index (χ0) is 20.3. The van der Waals surface area contributed by atoms with E-state index in [1.54, 1.807) is 11.0 Å². The molecule has 0 radical (unpaired) electrons. The number of hydrogen-bond donors (Lipinski definition) is 0. The van der Waals surface area contributed by atoms with Gasteiger partial charge in [-0.25, -0.2) is 9.97 Å². The molecule has 0 atom stereocenters. The van der Waals surface area contributed by atoms with Crippen molar-refractivity contribution in [2.24, 2.45) is 5.92 Å². The number of anilines is 1. The van der Waals surface area contributed by atoms with Crippen molar-refractivity contribution in [3.63, 3.8) is 0 Å². The van der Waals surface area contributed by atoms with Gasteiger partial charge in [0, 0.05) is 32.6 Å². The fourth-order valence-corrected chi connectivity index (χ4v) is 4.66. The Morgan fingerprint density at radius 1 is 1.00 bits per heavy atom. The first-order valence-electron chi connectivity index (χ1n) is 10.9. The highest BCUT2D eigenvalue weighted by molar-refractivity contribution is 5.84. The van der Waals surface area contributed by atoms with Crippen LogP contribution in [-0.2, 0) is 4.79 Å². The number of rotatable bonds is 5. The Hall–Kier alpha value is -3.03. The van der Waals surface area contributed by atoms with Crippen molar-refractivity contribution >= 4 is 22.9 Å². The van der Waals surface area contributed by atoms with Gasteiger partial charge in [0.05, 0.1) is 5.69 Å². The van der Waals surface area contributed by atoms with E-state index in [4.69, 9.17) is 0 Å². The zero-order valence-electron chi connectivity index (χ0n) is 17.2. The second-order valence-corrected chi connectivity index (χ2v) is 8.26. The fraction of sp³-hybridized carbons (Fsp3) is 0.500. The molecule has 0 unspecified atom stereocenters. The normalized spacial score (nSPS) is 17.7. The number of para-hydroxylation sites is 1. The van der Waals surface area contributed by atoms with Crippen LogP contribution in [0, 0.1) is 5.92 Å². The van der Waals surface area contributed by atoms with Crippen molar-refractivity contribution in [3.05, 3.63) is 36.7 Å². The Bertz CT molecular complexity index is 1000. The van der Waals surface area contributed by atoms with Crippen LogP contribution in [0.3, 0.4) is 0 Å². The van der Waals surface area contributed by atoms with E-state index in [1.807, 2.05) is 35.2 Å². The van der Waals surface area contributed by atoms with E-state index in [0.717, 1.165) is 50.0 Å². The van der Waals surface area contributed by atoms with E-state index in [2.05, 4.69) is 25.2 Å². The van der Waals surface area contributed by atoms with Crippen molar-refractivity contribution in [3.8, 4) is 5.69 Å². The molecule has 3 heterocycles. The number of carbonyl (C=O) groups is 1. The SMILES string of the molecule is O=C(CCC1CCCC1)N1CCN(c2ncnc3c2nnn3-c2ccccc2)CC1. The topological polar surface area (TPSA) is 80.0 Å². The molecule has 1 saturated heterocycles. The molecule has 30 heavy (non-hydrogen) atoms. The molecule has 8 nitrogen and oxygen atoms in total. The van der Waals surface area contributed by atoms with Crippen LogP contribution in [0.2, 0.25) is 0 Å². The number of carbonyl (C=O) groups excluding carboxylic acids is 1. The van der Waals surface area contributed by atoms with Crippen LogP contribution in [0.1, 0.15) is 38.5 Å². The maximum Gasteiger partial charge on any atom is 0.222 e. The lowest BCUT2D eigenvalue weighted by Crippen LogP contribution is -2.49. The average molecular weight is 406 g/mol. The maximum absolute atomic E-state index is 12.6. The van der Waals surface area contributed by atoms with Crippen LogP contribution in [0.15, 0.2) is 36.7 Å². The quantitative estimate of drug-likeness (QED) is 0.649. The molecule has 0 bridgehead atoms. The Morgan fingerprint density at radius 3 is 2.53 bits per heavy atom. The number of fused-ring (bicyclic) bond motifs is 1. The fourth-order valence-electron chi connectivity index (χ4n) is 4.66. The lowest BCUT2D eigenvalue weighted by Gasteiger charge is -2.35. The van der Waals surface area contributed by atoms with Crippen molar-refractivity contribution in [1.29, 1.82) is 0 Å². The van der Waals surface area contributed by atoms with Gasteiger partial charge in [0.2, 0.25) is 5.91 Å². The third-order valence-corrected chi connectivity index (χ3v) is 6.39. The second kappa shape index (κ2) is 8.38. The summed E-state index contributed by atoms with van der Waals surface area (Å²) in [5.74, 6) is 1.85. The Balaban J connectivity index is 1.26. The summed E-state index contributed by atoms with van der Waals surface area (Å²) in [4.78, 5) is 25.7. The van der Waals surface area contributed by atoms with Gasteiger partial charge in [0.1, 0.15) is 6.33 Å². The number of amides is 1. The summed E-state index contributed by atoms with van der Waals surface area (Å²) in [6.45, 7) is 2.95. The smallest absolute Gasteiger partial charge is 0.222 e. The number of aromatic nitrogens is 5. The first-order chi connectivity index (χ1) is 14.8. The summed E-state index contributed by atoms with van der Waals surface area (Å²) in [5, 5.41) is 8.66. The van der Waals surface area contributed by atoms with Crippen LogP contribution < -0.4 is 4.90 Å². The van der Waals surface area contributed by atoms with Crippen LogP contribution in [0.5, 0.6) is 0 Å². The minimum atomic E-state index is 0.296. The lowest BCUT2D eigenvalue weighted by molar-refractivity contribution is -0.131. The predicted molar refractivity (Wildman–Crippen MR) is 114 cm³/mol. The maximum atomic E-state index is 12.6. The molecule has 1 aliphatic carbocycles. The molecule has 2 aromatic heterocycles. The highest BCUT2D eigenvalue weighted by Gasteiger charge is 2.25. The van der Waals surface area contributed by atoms with E-state index in [1.165, 1.54) is 25.7 Å². The largest absolute Gasteiger partial charge is 0.351 e. The standard InChI is InChI=1S/C22H27N7O/c30-19(11-10-17-6-4-5-7-17)27-12-14-28(15-13-27)21-20-22(24-16-23-21)29(26-25-20)18-8-2-1-3-9-18/h1-3,8-9,16-17H,4-7,10-15H2. The van der Waals surface area contributed by atoms with Crippen molar-refractivity contribution in [2.75, 3.05) is 31.1 Å². The third-order valence-electron chi connectivity index (χ3n) is 6.39. The summed E-state index contributed by atoms with van der Waals surface area (Å²) in [6.07, 6.45) is 8.57. The Kier molecular flexibility index (Phi) is 5.29. The monoisotopic (exact) mass is 405 g/mol. The Morgan fingerprint density at radius 2 is 1.77 bits per heavy atom. The molecule has 156 valence electrons. The van der Waals surface area contributed by atoms with Crippen molar-refractivity contribution in [2.45, 2.75) is 38.5 Å². The van der Waals surface area contributed by atoms with Crippen LogP contribution in [0.25, 0.3) is 16.9 Å². The third kappa shape index (κ3) is 3.74. The van der Waals surface area contributed by atoms with Crippen LogP contribution >= 0.6 is 0 Å². The van der Waals surface area contributed by atoms with Gasteiger partial charge in [-0.3, -0.25) is 4.79 Å². The van der Waals surface area contributed by atoms with Gasteiger partial charge in [-0.1, -0.05) is 49.1 Å². The zero-order valence-corrected chi connectivity index (χ0v) is 17.2. The van der Waals surface area contributed by atoms with E-state index in [9.17, 15) is 4.79 Å². The molecule has 3 aromatic rings. The van der Waals surface area contributed by atoms with Gasteiger partial charge in [0.15, 0.2) is 17.0 Å². The minimum Gasteiger partial charge on any atom is -0.351 e. The summed E-state index contributed by atoms with van der Waals surface area (Å²) < 4.78 is 1.74. The summed E-state index contributed by atoms with van der Waals surface area (Å²) in [6, 6.07) is 9.86. The molecule has 1 saturated carbocycles. The molecule has 1 aliphatic heterocycles. The second-order valence-electron chi connectivity index (χ2n) is 8.26. The van der Waals surface area contributed by atoms with Gasteiger partial charge >= 0.3 is 0 Å². The molecule has 2 fully saturated rings. The predicted octanol–water partition coefficient (Wildman–Crippen LogP) is 2.83. The lowest BCUT2D eigenvalue weighted by atomic mass is 10.0. The Labute approximate surface area is 175 Å². The summed E-state index contributed by atoms with van der Waals surface area (Å²) >= 11 is 0. The molecule has 1 amide bonds. The molecular formula is C22H27N7O. The van der Waals surface area contributed by atoms with E-state index >= 15 is 0 Å². The molecule has 0 N–H and O–H groups in total. The minimum absolute atomic E-state index is 0.296. The van der Waals surface area contributed by atoms with Gasteiger partial charge in [0.25, 0.3) is 0 Å². The molecule has 0 spiro atoms. The first-order valence-corrected chi connectivity index (χ1v) is 10.9. The number of benzene rings is 1. The molecular weight excluding hydrogens is 378 g/mol. The van der Waals surface area contributed by atoms with E-state index in [0.29, 0.717) is 23.5 Å². The molecule has 8 heteroatoms. The van der Waals surface area contributed by atoms with E-state index < -0.39 is 0 Å². The van der Waals surface area contributed by atoms with Gasteiger partial charge in [-0.2, -0.15) is 4.68 Å². The highest BCUT2D eigenvalue weighted by atomic mass is 16.2. The number of nitrogens with zero attached hydrogens (tertiary/aromatic N) is 7. The number of piperazine rings is 1. The first kappa shape index (κ1) is 19.0. The average Bonchev–Trinajstić information content (AvgIpc) is 3.48. The molecule has 5 rings (SSSR count). The van der Waals surface area contributed by atoms with E-state index in [-0.39, 0.29) is 0 Å². The van der Waals surface area contributed by atoms with Gasteiger partial charge in [-0.05, 0) is 24.5 Å². The summed E-state index contributed by atoms with van der Waals surface area (Å²) in [7, 11) is 0. The summed E-state index contributed by atoms with van der Waals surface area (Å²) in [5.41, 5.74) is 2.31. The van der Waals surface area contributed by atoms with Crippen molar-refractivity contribution in [1.82, 2.24) is 29.9 Å². The molecule has 2 aliphatic rings. The number of hydrogen-bond acceptors (Lipinski definition) is 6. The van der Waals surface area contributed by atoms with Crippen LogP contribution in [0.4, 0.5) is 5.82 Å². The highest BCUT2D eigenvalue weighted by Crippen LogP contribution is 2.29. The van der Waals surface area contributed by atoms with Crippen molar-refractivity contribution < 1.29 is 4.79 Å². The molecule has 1 aromatic carbocycles.